The van der Waals surface area contributed by atoms with Crippen LogP contribution in [-0.4, -0.2) is 0 Å². The Labute approximate surface area is 97.4 Å². The molecule has 1 aromatic carbocycles. The van der Waals surface area contributed by atoms with Gasteiger partial charge in [-0.25, -0.2) is 0 Å². The van der Waals surface area contributed by atoms with E-state index < -0.39 is 0 Å². The van der Waals surface area contributed by atoms with Crippen molar-refractivity contribution < 1.29 is 0 Å². The third kappa shape index (κ3) is 1.76. The van der Waals surface area contributed by atoms with E-state index in [2.05, 4.69) is 31.7 Å². The molecule has 1 atom stereocenters. The van der Waals surface area contributed by atoms with Crippen LogP contribution in [-0.2, 0) is 12.8 Å². The number of fused-ring (bicyclic) bond motifs is 1. The summed E-state index contributed by atoms with van der Waals surface area (Å²) in [6, 6.07) is 6.75. The lowest BCUT2D eigenvalue weighted by molar-refractivity contribution is 0.690. The molecule has 2 rings (SSSR count). The lowest BCUT2D eigenvalue weighted by Crippen LogP contribution is -2.00. The Bertz CT molecular complexity index is 451. The van der Waals surface area contributed by atoms with Gasteiger partial charge in [0.05, 0.1) is 6.07 Å². The van der Waals surface area contributed by atoms with Gasteiger partial charge in [0.25, 0.3) is 0 Å². The molecule has 0 N–H and O–H groups in total. The normalized spacial score (nSPS) is 17.9. The number of hydrogen-bond donors (Lipinski definition) is 0. The number of nitrogens with zero attached hydrogens (tertiary/aromatic N) is 1. The Kier molecular flexibility index (Phi) is 3.10. The Balaban J connectivity index is 2.48. The molecular weight excluding hydrogens is 194 g/mol. The van der Waals surface area contributed by atoms with Crippen LogP contribution in [0.4, 0.5) is 0 Å². The van der Waals surface area contributed by atoms with Crippen LogP contribution >= 0.6 is 0 Å². The van der Waals surface area contributed by atoms with E-state index in [0.717, 1.165) is 19.3 Å². The molecule has 0 unspecified atom stereocenters. The maximum Gasteiger partial charge on any atom is 0.0628 e. The molecule has 1 aromatic rings. The minimum Gasteiger partial charge on any atom is -0.198 e. The number of aryl methyl sites for hydroxylation is 2. The van der Waals surface area contributed by atoms with Gasteiger partial charge < -0.3 is 0 Å². The molecule has 0 bridgehead atoms. The first-order chi connectivity index (χ1) is 7.77. The maximum absolute atomic E-state index is 8.87. The van der Waals surface area contributed by atoms with Crippen molar-refractivity contribution in [2.75, 3.05) is 0 Å². The Morgan fingerprint density at radius 1 is 1.56 bits per heavy atom. The fourth-order valence-corrected chi connectivity index (χ4v) is 2.75. The van der Waals surface area contributed by atoms with Crippen molar-refractivity contribution in [2.24, 2.45) is 0 Å². The molecule has 1 nitrogen and oxygen atoms in total. The molecule has 0 spiro atoms. The smallest absolute Gasteiger partial charge is 0.0628 e. The summed E-state index contributed by atoms with van der Waals surface area (Å²) in [5.41, 5.74) is 5.64. The first-order valence-electron chi connectivity index (χ1n) is 5.87. The van der Waals surface area contributed by atoms with Crippen molar-refractivity contribution in [2.45, 2.75) is 38.5 Å². The summed E-state index contributed by atoms with van der Waals surface area (Å²) in [6.45, 7) is 5.98. The van der Waals surface area contributed by atoms with Gasteiger partial charge in [0, 0.05) is 6.42 Å². The molecule has 0 amide bonds. The molecule has 1 aliphatic carbocycles. The van der Waals surface area contributed by atoms with E-state index in [-0.39, 0.29) is 0 Å². The van der Waals surface area contributed by atoms with Crippen molar-refractivity contribution in [3.05, 3.63) is 47.0 Å². The zero-order valence-corrected chi connectivity index (χ0v) is 9.79. The quantitative estimate of drug-likeness (QED) is 0.700. The third-order valence-corrected chi connectivity index (χ3v) is 3.54. The van der Waals surface area contributed by atoms with Crippen molar-refractivity contribution in [1.29, 1.82) is 5.26 Å². The Hall–Kier alpha value is -1.55. The highest BCUT2D eigenvalue weighted by Crippen LogP contribution is 2.39. The van der Waals surface area contributed by atoms with E-state index in [1.165, 1.54) is 22.3 Å². The van der Waals surface area contributed by atoms with Gasteiger partial charge in [-0.3, -0.25) is 0 Å². The number of rotatable bonds is 3. The highest BCUT2D eigenvalue weighted by atomic mass is 14.3. The standard InChI is InChI=1S/C15H17N/c1-3-4-14-11(2)5-6-12-7-8-13(9-10-16)15(12)14/h3,5-6,13H,1,4,7-9H2,2H3/t13-/m0/s1. The zero-order chi connectivity index (χ0) is 11.5. The molecule has 1 heteroatoms. The second-order valence-corrected chi connectivity index (χ2v) is 4.52. The molecule has 0 aliphatic heterocycles. The van der Waals surface area contributed by atoms with Gasteiger partial charge >= 0.3 is 0 Å². The lowest BCUT2D eigenvalue weighted by Gasteiger charge is -2.15. The summed E-state index contributed by atoms with van der Waals surface area (Å²) in [4.78, 5) is 0. The van der Waals surface area contributed by atoms with Crippen LogP contribution in [0, 0.1) is 18.3 Å². The molecule has 1 aliphatic rings. The molecule has 82 valence electrons. The summed E-state index contributed by atoms with van der Waals surface area (Å²) in [5.74, 6) is 0.454. The summed E-state index contributed by atoms with van der Waals surface area (Å²) in [5, 5.41) is 8.87. The van der Waals surface area contributed by atoms with E-state index >= 15 is 0 Å². The van der Waals surface area contributed by atoms with Crippen LogP contribution < -0.4 is 0 Å². The number of nitriles is 1. The zero-order valence-electron chi connectivity index (χ0n) is 9.79. The van der Waals surface area contributed by atoms with Gasteiger partial charge in [0.1, 0.15) is 0 Å². The van der Waals surface area contributed by atoms with Crippen LogP contribution in [0.1, 0.15) is 41.0 Å². The van der Waals surface area contributed by atoms with Gasteiger partial charge in [0.2, 0.25) is 0 Å². The van der Waals surface area contributed by atoms with Crippen molar-refractivity contribution in [1.82, 2.24) is 0 Å². The van der Waals surface area contributed by atoms with Crippen LogP contribution in [0.15, 0.2) is 24.8 Å². The molecule has 0 saturated carbocycles. The first-order valence-corrected chi connectivity index (χ1v) is 5.87. The predicted molar refractivity (Wildman–Crippen MR) is 66.4 cm³/mol. The SMILES string of the molecule is C=CCc1c(C)ccc2c1[C@H](CC#N)CC2. The van der Waals surface area contributed by atoms with Crippen molar-refractivity contribution in [3.8, 4) is 6.07 Å². The lowest BCUT2D eigenvalue weighted by atomic mass is 9.89. The van der Waals surface area contributed by atoms with E-state index in [1.807, 2.05) is 6.08 Å². The topological polar surface area (TPSA) is 23.8 Å². The van der Waals surface area contributed by atoms with Crippen molar-refractivity contribution >= 4 is 0 Å². The first kappa shape index (κ1) is 11.0. The third-order valence-electron chi connectivity index (χ3n) is 3.54. The van der Waals surface area contributed by atoms with Crippen LogP contribution in [0.5, 0.6) is 0 Å². The Morgan fingerprint density at radius 2 is 2.38 bits per heavy atom. The molecular formula is C15H17N. The predicted octanol–water partition coefficient (Wildman–Crippen LogP) is 3.67. The fourth-order valence-electron chi connectivity index (χ4n) is 2.75. The highest BCUT2D eigenvalue weighted by Gasteiger charge is 2.25. The van der Waals surface area contributed by atoms with Gasteiger partial charge in [0.15, 0.2) is 0 Å². The van der Waals surface area contributed by atoms with E-state index in [4.69, 9.17) is 5.26 Å². The van der Waals surface area contributed by atoms with Crippen LogP contribution in [0.2, 0.25) is 0 Å². The largest absolute Gasteiger partial charge is 0.198 e. The molecule has 16 heavy (non-hydrogen) atoms. The van der Waals surface area contributed by atoms with Gasteiger partial charge in [-0.15, -0.1) is 6.58 Å². The van der Waals surface area contributed by atoms with E-state index in [0.29, 0.717) is 12.3 Å². The van der Waals surface area contributed by atoms with E-state index in [1.54, 1.807) is 0 Å². The maximum atomic E-state index is 8.87. The van der Waals surface area contributed by atoms with Crippen molar-refractivity contribution in [3.63, 3.8) is 0 Å². The van der Waals surface area contributed by atoms with Gasteiger partial charge in [-0.1, -0.05) is 18.2 Å². The number of allylic oxidation sites excluding steroid dienone is 1. The fraction of sp³-hybridized carbons (Fsp3) is 0.400. The molecule has 0 aromatic heterocycles. The summed E-state index contributed by atoms with van der Waals surface area (Å²) in [6.07, 6.45) is 5.81. The average molecular weight is 211 g/mol. The van der Waals surface area contributed by atoms with Crippen LogP contribution in [0.25, 0.3) is 0 Å². The number of benzene rings is 1. The molecule has 0 radical (unpaired) electrons. The summed E-state index contributed by atoms with van der Waals surface area (Å²) in [7, 11) is 0. The summed E-state index contributed by atoms with van der Waals surface area (Å²) >= 11 is 0. The highest BCUT2D eigenvalue weighted by molar-refractivity contribution is 5.47. The minimum absolute atomic E-state index is 0.454. The molecule has 0 fully saturated rings. The number of hydrogen-bond acceptors (Lipinski definition) is 1. The van der Waals surface area contributed by atoms with Gasteiger partial charge in [-0.05, 0) is 54.4 Å². The second kappa shape index (κ2) is 4.53. The van der Waals surface area contributed by atoms with Crippen LogP contribution in [0.3, 0.4) is 0 Å². The Morgan fingerprint density at radius 3 is 3.06 bits per heavy atom. The average Bonchev–Trinajstić information content (AvgIpc) is 2.67. The summed E-state index contributed by atoms with van der Waals surface area (Å²) < 4.78 is 0. The monoisotopic (exact) mass is 211 g/mol. The van der Waals surface area contributed by atoms with Gasteiger partial charge in [-0.2, -0.15) is 5.26 Å². The van der Waals surface area contributed by atoms with E-state index in [9.17, 15) is 0 Å². The molecule has 0 heterocycles. The minimum atomic E-state index is 0.454. The molecule has 0 saturated heterocycles. The second-order valence-electron chi connectivity index (χ2n) is 4.52.